The van der Waals surface area contributed by atoms with Crippen LogP contribution in [0.4, 0.5) is 0 Å². The van der Waals surface area contributed by atoms with E-state index >= 15 is 0 Å². The number of hydrogen-bond donors (Lipinski definition) is 1. The van der Waals surface area contributed by atoms with Crippen molar-refractivity contribution in [1.82, 2.24) is 15.1 Å². The van der Waals surface area contributed by atoms with Gasteiger partial charge in [0.25, 0.3) is 0 Å². The third kappa shape index (κ3) is 9.53. The highest BCUT2D eigenvalue weighted by atomic mass is 16.5. The quantitative estimate of drug-likeness (QED) is 0.547. The minimum atomic E-state index is 0.615. The first-order valence-electron chi connectivity index (χ1n) is 6.79. The van der Waals surface area contributed by atoms with Crippen molar-refractivity contribution in [2.75, 3.05) is 60.0 Å². The molecule has 0 aromatic rings. The first-order valence-corrected chi connectivity index (χ1v) is 6.79. The van der Waals surface area contributed by atoms with Crippen LogP contribution in [0.3, 0.4) is 0 Å². The topological polar surface area (TPSA) is 27.7 Å². The molecule has 1 atom stereocenters. The van der Waals surface area contributed by atoms with E-state index in [4.69, 9.17) is 4.74 Å². The SMILES string of the molecule is CCOCCNCCN(CC)C(C)CN(C)C. The van der Waals surface area contributed by atoms with Gasteiger partial charge in [-0.15, -0.1) is 0 Å². The van der Waals surface area contributed by atoms with Gasteiger partial charge in [0.05, 0.1) is 6.61 Å². The van der Waals surface area contributed by atoms with Crippen LogP contribution in [0.1, 0.15) is 20.8 Å². The maximum absolute atomic E-state index is 5.28. The number of rotatable bonds is 11. The summed E-state index contributed by atoms with van der Waals surface area (Å²) in [4.78, 5) is 4.75. The van der Waals surface area contributed by atoms with Crippen LogP contribution in [0.15, 0.2) is 0 Å². The molecule has 4 heteroatoms. The molecule has 0 aliphatic carbocycles. The predicted molar refractivity (Wildman–Crippen MR) is 74.6 cm³/mol. The summed E-state index contributed by atoms with van der Waals surface area (Å²) >= 11 is 0. The number of nitrogens with zero attached hydrogens (tertiary/aromatic N) is 2. The molecule has 0 aromatic carbocycles. The number of nitrogens with one attached hydrogen (secondary N) is 1. The highest BCUT2D eigenvalue weighted by molar-refractivity contribution is 4.69. The second-order valence-corrected chi connectivity index (χ2v) is 4.69. The van der Waals surface area contributed by atoms with E-state index in [0.717, 1.165) is 45.9 Å². The third-order valence-electron chi connectivity index (χ3n) is 2.86. The van der Waals surface area contributed by atoms with Gasteiger partial charge in [0.1, 0.15) is 0 Å². The zero-order valence-corrected chi connectivity index (χ0v) is 12.3. The van der Waals surface area contributed by atoms with E-state index in [1.807, 2.05) is 6.92 Å². The van der Waals surface area contributed by atoms with E-state index in [1.165, 1.54) is 0 Å². The second kappa shape index (κ2) is 11.0. The molecular formula is C13H31N3O. The maximum atomic E-state index is 5.28. The fraction of sp³-hybridized carbons (Fsp3) is 1.00. The van der Waals surface area contributed by atoms with E-state index in [2.05, 4.69) is 43.1 Å². The molecule has 1 N–H and O–H groups in total. The molecule has 4 nitrogen and oxygen atoms in total. The first-order chi connectivity index (χ1) is 8.11. The van der Waals surface area contributed by atoms with Crippen LogP contribution in [0.2, 0.25) is 0 Å². The van der Waals surface area contributed by atoms with Crippen molar-refractivity contribution in [3.63, 3.8) is 0 Å². The molecule has 0 amide bonds. The normalized spacial score (nSPS) is 13.6. The van der Waals surface area contributed by atoms with Crippen molar-refractivity contribution in [3.8, 4) is 0 Å². The third-order valence-corrected chi connectivity index (χ3v) is 2.86. The van der Waals surface area contributed by atoms with E-state index in [-0.39, 0.29) is 0 Å². The molecule has 0 aliphatic heterocycles. The van der Waals surface area contributed by atoms with Gasteiger partial charge in [-0.05, 0) is 34.5 Å². The van der Waals surface area contributed by atoms with Crippen LogP contribution in [-0.4, -0.2) is 75.9 Å². The van der Waals surface area contributed by atoms with Crippen LogP contribution in [0, 0.1) is 0 Å². The summed E-state index contributed by atoms with van der Waals surface area (Å²) in [5, 5.41) is 3.41. The average molecular weight is 245 g/mol. The zero-order valence-electron chi connectivity index (χ0n) is 12.3. The van der Waals surface area contributed by atoms with Crippen LogP contribution < -0.4 is 5.32 Å². The molecule has 0 aromatic heterocycles. The lowest BCUT2D eigenvalue weighted by Crippen LogP contribution is -2.43. The van der Waals surface area contributed by atoms with Gasteiger partial charge >= 0.3 is 0 Å². The lowest BCUT2D eigenvalue weighted by molar-refractivity contribution is 0.145. The van der Waals surface area contributed by atoms with Gasteiger partial charge in [-0.2, -0.15) is 0 Å². The molecule has 1 unspecified atom stereocenters. The molecule has 104 valence electrons. The van der Waals surface area contributed by atoms with E-state index in [9.17, 15) is 0 Å². The summed E-state index contributed by atoms with van der Waals surface area (Å²) in [6.07, 6.45) is 0. The Morgan fingerprint density at radius 2 is 1.88 bits per heavy atom. The van der Waals surface area contributed by atoms with Crippen molar-refractivity contribution in [1.29, 1.82) is 0 Å². The molecule has 0 saturated heterocycles. The van der Waals surface area contributed by atoms with Crippen molar-refractivity contribution >= 4 is 0 Å². The van der Waals surface area contributed by atoms with Crippen LogP contribution >= 0.6 is 0 Å². The molecule has 0 saturated carbocycles. The van der Waals surface area contributed by atoms with E-state index in [0.29, 0.717) is 6.04 Å². The van der Waals surface area contributed by atoms with Gasteiger partial charge in [0.15, 0.2) is 0 Å². The van der Waals surface area contributed by atoms with E-state index in [1.54, 1.807) is 0 Å². The van der Waals surface area contributed by atoms with Gasteiger partial charge in [0.2, 0.25) is 0 Å². The standard InChI is InChI=1S/C13H31N3O/c1-6-16(13(3)12-15(4)5)10-8-14-9-11-17-7-2/h13-14H,6-12H2,1-5H3. The molecule has 17 heavy (non-hydrogen) atoms. The smallest absolute Gasteiger partial charge is 0.0590 e. The van der Waals surface area contributed by atoms with Crippen molar-refractivity contribution in [3.05, 3.63) is 0 Å². The monoisotopic (exact) mass is 245 g/mol. The minimum absolute atomic E-state index is 0.615. The Labute approximate surface area is 107 Å². The van der Waals surface area contributed by atoms with Crippen LogP contribution in [-0.2, 0) is 4.74 Å². The number of likely N-dealkylation sites (N-methyl/N-ethyl adjacent to an activating group) is 2. The van der Waals surface area contributed by atoms with Gasteiger partial charge in [-0.25, -0.2) is 0 Å². The number of ether oxygens (including phenoxy) is 1. The summed E-state index contributed by atoms with van der Waals surface area (Å²) in [5.74, 6) is 0. The second-order valence-electron chi connectivity index (χ2n) is 4.69. The lowest BCUT2D eigenvalue weighted by Gasteiger charge is -2.30. The molecule has 0 bridgehead atoms. The van der Waals surface area contributed by atoms with Gasteiger partial charge in [-0.3, -0.25) is 4.90 Å². The molecule has 0 radical (unpaired) electrons. The molecule has 0 aliphatic rings. The summed E-state index contributed by atoms with van der Waals surface area (Å²) in [6, 6.07) is 0.615. The summed E-state index contributed by atoms with van der Waals surface area (Å²) in [6.45, 7) is 13.5. The van der Waals surface area contributed by atoms with Gasteiger partial charge in [0, 0.05) is 38.8 Å². The largest absolute Gasteiger partial charge is 0.380 e. The predicted octanol–water partition coefficient (Wildman–Crippen LogP) is 0.885. The fourth-order valence-electron chi connectivity index (χ4n) is 1.97. The van der Waals surface area contributed by atoms with Gasteiger partial charge in [-0.1, -0.05) is 6.92 Å². The Hall–Kier alpha value is -0.160. The Morgan fingerprint density at radius 3 is 2.41 bits per heavy atom. The summed E-state index contributed by atoms with van der Waals surface area (Å²) in [5.41, 5.74) is 0. The van der Waals surface area contributed by atoms with Crippen molar-refractivity contribution in [2.45, 2.75) is 26.8 Å². The highest BCUT2D eigenvalue weighted by Crippen LogP contribution is 1.98. The molecular weight excluding hydrogens is 214 g/mol. The Morgan fingerprint density at radius 1 is 1.18 bits per heavy atom. The van der Waals surface area contributed by atoms with E-state index < -0.39 is 0 Å². The highest BCUT2D eigenvalue weighted by Gasteiger charge is 2.11. The van der Waals surface area contributed by atoms with Crippen LogP contribution in [0.5, 0.6) is 0 Å². The summed E-state index contributed by atoms with van der Waals surface area (Å²) < 4.78 is 5.28. The Kier molecular flexibility index (Phi) is 10.9. The molecule has 0 spiro atoms. The van der Waals surface area contributed by atoms with Crippen molar-refractivity contribution < 1.29 is 4.74 Å². The molecule has 0 heterocycles. The molecule has 0 rings (SSSR count). The fourth-order valence-corrected chi connectivity index (χ4v) is 1.97. The Bertz CT molecular complexity index is 165. The maximum Gasteiger partial charge on any atom is 0.0590 e. The van der Waals surface area contributed by atoms with Crippen LogP contribution in [0.25, 0.3) is 0 Å². The number of hydrogen-bond acceptors (Lipinski definition) is 4. The lowest BCUT2D eigenvalue weighted by atomic mass is 10.2. The zero-order chi connectivity index (χ0) is 13.1. The molecule has 0 fully saturated rings. The minimum Gasteiger partial charge on any atom is -0.380 e. The van der Waals surface area contributed by atoms with Gasteiger partial charge < -0.3 is 15.0 Å². The average Bonchev–Trinajstić information content (AvgIpc) is 2.27. The Balaban J connectivity index is 3.60. The summed E-state index contributed by atoms with van der Waals surface area (Å²) in [7, 11) is 4.26. The van der Waals surface area contributed by atoms with Crippen molar-refractivity contribution in [2.24, 2.45) is 0 Å². The first kappa shape index (κ1) is 16.8.